The topological polar surface area (TPSA) is 18.5 Å². The summed E-state index contributed by atoms with van der Waals surface area (Å²) in [7, 11) is 2.26. The third-order valence-electron chi connectivity index (χ3n) is 5.32. The minimum absolute atomic E-state index is 0.528. The highest BCUT2D eigenvalue weighted by molar-refractivity contribution is 4.90. The molecular formula is C17H35N3. The SMILES string of the molecule is CC(C)CC1CN(CC2(C)CCN(C)CC2)C(C)CN1. The van der Waals surface area contributed by atoms with E-state index in [1.54, 1.807) is 0 Å². The number of piperidine rings is 1. The highest BCUT2D eigenvalue weighted by Gasteiger charge is 2.34. The first-order valence-corrected chi connectivity index (χ1v) is 8.54. The quantitative estimate of drug-likeness (QED) is 0.854. The Morgan fingerprint density at radius 3 is 2.50 bits per heavy atom. The van der Waals surface area contributed by atoms with Gasteiger partial charge in [-0.15, -0.1) is 0 Å². The van der Waals surface area contributed by atoms with E-state index < -0.39 is 0 Å². The molecule has 0 aliphatic carbocycles. The summed E-state index contributed by atoms with van der Waals surface area (Å²) in [5, 5.41) is 3.74. The Bertz CT molecular complexity index is 295. The molecule has 2 heterocycles. The van der Waals surface area contributed by atoms with Gasteiger partial charge in [0.2, 0.25) is 0 Å². The zero-order valence-electron chi connectivity index (χ0n) is 14.3. The van der Waals surface area contributed by atoms with Crippen molar-refractivity contribution < 1.29 is 0 Å². The molecule has 0 aromatic carbocycles. The van der Waals surface area contributed by atoms with Crippen LogP contribution in [0.1, 0.15) is 47.0 Å². The summed E-state index contributed by atoms with van der Waals surface area (Å²) >= 11 is 0. The molecular weight excluding hydrogens is 246 g/mol. The number of piperazine rings is 1. The lowest BCUT2D eigenvalue weighted by molar-refractivity contribution is 0.0449. The van der Waals surface area contributed by atoms with Crippen molar-refractivity contribution in [3.05, 3.63) is 0 Å². The van der Waals surface area contributed by atoms with Crippen LogP contribution in [0.3, 0.4) is 0 Å². The molecule has 3 heteroatoms. The molecule has 3 nitrogen and oxygen atoms in total. The maximum Gasteiger partial charge on any atom is 0.0198 e. The van der Waals surface area contributed by atoms with E-state index in [0.717, 1.165) is 12.5 Å². The first kappa shape index (κ1) is 16.3. The van der Waals surface area contributed by atoms with Crippen LogP contribution in [0.15, 0.2) is 0 Å². The van der Waals surface area contributed by atoms with E-state index in [0.29, 0.717) is 17.5 Å². The average Bonchev–Trinajstić information content (AvgIpc) is 2.37. The van der Waals surface area contributed by atoms with Gasteiger partial charge in [0.25, 0.3) is 0 Å². The molecule has 20 heavy (non-hydrogen) atoms. The number of nitrogens with zero attached hydrogens (tertiary/aromatic N) is 2. The molecule has 2 atom stereocenters. The van der Waals surface area contributed by atoms with Crippen LogP contribution in [0.25, 0.3) is 0 Å². The van der Waals surface area contributed by atoms with Gasteiger partial charge in [-0.25, -0.2) is 0 Å². The maximum absolute atomic E-state index is 3.74. The van der Waals surface area contributed by atoms with Crippen LogP contribution in [0.2, 0.25) is 0 Å². The second-order valence-corrected chi connectivity index (χ2v) is 8.13. The maximum atomic E-state index is 3.74. The molecule has 1 N–H and O–H groups in total. The molecule has 2 unspecified atom stereocenters. The molecule has 0 radical (unpaired) electrons. The van der Waals surface area contributed by atoms with Gasteiger partial charge in [-0.2, -0.15) is 0 Å². The summed E-state index contributed by atoms with van der Waals surface area (Å²) in [6, 6.07) is 1.39. The molecule has 0 amide bonds. The molecule has 0 saturated carbocycles. The number of hydrogen-bond acceptors (Lipinski definition) is 3. The van der Waals surface area contributed by atoms with Gasteiger partial charge in [0.05, 0.1) is 0 Å². The van der Waals surface area contributed by atoms with Crippen molar-refractivity contribution >= 4 is 0 Å². The van der Waals surface area contributed by atoms with Gasteiger partial charge >= 0.3 is 0 Å². The second kappa shape index (κ2) is 6.76. The number of rotatable bonds is 4. The molecule has 2 aliphatic rings. The fourth-order valence-electron chi connectivity index (χ4n) is 3.75. The number of likely N-dealkylation sites (tertiary alicyclic amines) is 1. The van der Waals surface area contributed by atoms with Crippen molar-refractivity contribution in [3.63, 3.8) is 0 Å². The molecule has 0 bridgehead atoms. The van der Waals surface area contributed by atoms with E-state index in [1.807, 2.05) is 0 Å². The van der Waals surface area contributed by atoms with Crippen LogP contribution < -0.4 is 5.32 Å². The zero-order chi connectivity index (χ0) is 14.8. The van der Waals surface area contributed by atoms with Crippen LogP contribution in [0.4, 0.5) is 0 Å². The first-order valence-electron chi connectivity index (χ1n) is 8.54. The molecule has 0 aromatic heterocycles. The molecule has 0 aromatic rings. The Morgan fingerprint density at radius 2 is 1.90 bits per heavy atom. The molecule has 118 valence electrons. The summed E-state index contributed by atoms with van der Waals surface area (Å²) in [6.07, 6.45) is 4.02. The third kappa shape index (κ3) is 4.44. The monoisotopic (exact) mass is 281 g/mol. The fraction of sp³-hybridized carbons (Fsp3) is 1.00. The fourth-order valence-corrected chi connectivity index (χ4v) is 3.75. The molecule has 2 saturated heterocycles. The first-order chi connectivity index (χ1) is 9.38. The van der Waals surface area contributed by atoms with Crippen molar-refractivity contribution in [3.8, 4) is 0 Å². The van der Waals surface area contributed by atoms with Crippen LogP contribution in [0.5, 0.6) is 0 Å². The normalized spacial score (nSPS) is 32.7. The average molecular weight is 281 g/mol. The highest BCUT2D eigenvalue weighted by Crippen LogP contribution is 2.32. The Labute approximate surface area is 126 Å². The molecule has 2 rings (SSSR count). The predicted molar refractivity (Wildman–Crippen MR) is 87.1 cm³/mol. The van der Waals surface area contributed by atoms with E-state index in [-0.39, 0.29) is 0 Å². The molecule has 2 aliphatic heterocycles. The van der Waals surface area contributed by atoms with Gasteiger partial charge in [0.15, 0.2) is 0 Å². The minimum Gasteiger partial charge on any atom is -0.311 e. The van der Waals surface area contributed by atoms with Crippen LogP contribution in [0, 0.1) is 11.3 Å². The summed E-state index contributed by atoms with van der Waals surface area (Å²) in [5.41, 5.74) is 0.528. The third-order valence-corrected chi connectivity index (χ3v) is 5.32. The van der Waals surface area contributed by atoms with E-state index >= 15 is 0 Å². The summed E-state index contributed by atoms with van der Waals surface area (Å²) in [4.78, 5) is 5.24. The lowest BCUT2D eigenvalue weighted by Gasteiger charge is -2.46. The van der Waals surface area contributed by atoms with Crippen molar-refractivity contribution in [2.24, 2.45) is 11.3 Å². The summed E-state index contributed by atoms with van der Waals surface area (Å²) in [6.45, 7) is 15.8. The van der Waals surface area contributed by atoms with Crippen molar-refractivity contribution in [2.75, 3.05) is 39.8 Å². The van der Waals surface area contributed by atoms with Crippen molar-refractivity contribution in [1.82, 2.24) is 15.1 Å². The Kier molecular flexibility index (Phi) is 5.49. The van der Waals surface area contributed by atoms with Gasteiger partial charge < -0.3 is 10.2 Å². The zero-order valence-corrected chi connectivity index (χ0v) is 14.3. The van der Waals surface area contributed by atoms with Crippen LogP contribution in [-0.2, 0) is 0 Å². The van der Waals surface area contributed by atoms with Gasteiger partial charge in [-0.05, 0) is 57.7 Å². The Hall–Kier alpha value is -0.120. The smallest absolute Gasteiger partial charge is 0.0198 e. The van der Waals surface area contributed by atoms with Gasteiger partial charge in [0, 0.05) is 31.7 Å². The molecule has 0 spiro atoms. The van der Waals surface area contributed by atoms with E-state index in [2.05, 4.69) is 49.9 Å². The lowest BCUT2D eigenvalue weighted by atomic mass is 9.79. The van der Waals surface area contributed by atoms with Gasteiger partial charge in [-0.3, -0.25) is 4.90 Å². The summed E-state index contributed by atoms with van der Waals surface area (Å²) < 4.78 is 0. The minimum atomic E-state index is 0.528. The van der Waals surface area contributed by atoms with Gasteiger partial charge in [-0.1, -0.05) is 20.8 Å². The van der Waals surface area contributed by atoms with E-state index in [1.165, 1.54) is 45.4 Å². The largest absolute Gasteiger partial charge is 0.311 e. The standard InChI is InChI=1S/C17H35N3/c1-14(2)10-16-12-20(15(3)11-18-16)13-17(4)6-8-19(5)9-7-17/h14-16,18H,6-13H2,1-5H3. The van der Waals surface area contributed by atoms with Gasteiger partial charge in [0.1, 0.15) is 0 Å². The molecule has 2 fully saturated rings. The van der Waals surface area contributed by atoms with E-state index in [9.17, 15) is 0 Å². The predicted octanol–water partition coefficient (Wildman–Crippen LogP) is 2.43. The number of nitrogens with one attached hydrogen (secondary N) is 1. The van der Waals surface area contributed by atoms with Crippen molar-refractivity contribution in [2.45, 2.75) is 59.0 Å². The Balaban J connectivity index is 1.89. The number of hydrogen-bond donors (Lipinski definition) is 1. The second-order valence-electron chi connectivity index (χ2n) is 8.13. The highest BCUT2D eigenvalue weighted by atomic mass is 15.2. The van der Waals surface area contributed by atoms with Crippen LogP contribution in [-0.4, -0.2) is 61.7 Å². The van der Waals surface area contributed by atoms with Crippen LogP contribution >= 0.6 is 0 Å². The lowest BCUT2D eigenvalue weighted by Crippen LogP contribution is -2.58. The van der Waals surface area contributed by atoms with E-state index in [4.69, 9.17) is 0 Å². The summed E-state index contributed by atoms with van der Waals surface area (Å²) in [5.74, 6) is 0.793. The Morgan fingerprint density at radius 1 is 1.25 bits per heavy atom. The van der Waals surface area contributed by atoms with Crippen molar-refractivity contribution in [1.29, 1.82) is 0 Å².